The summed E-state index contributed by atoms with van der Waals surface area (Å²) in [5.41, 5.74) is 1.08. The van der Waals surface area contributed by atoms with Crippen molar-refractivity contribution in [2.24, 2.45) is 0 Å². The van der Waals surface area contributed by atoms with Crippen LogP contribution in [-0.4, -0.2) is 5.78 Å². The van der Waals surface area contributed by atoms with Gasteiger partial charge < -0.3 is 0 Å². The number of allylic oxidation sites excluding steroid dienone is 2. The SMILES string of the molecule is N#CC(C#N)=C(CC(=O)c1ccccc1)c1cccs1. The molecule has 1 aromatic carbocycles. The maximum atomic E-state index is 12.2. The van der Waals surface area contributed by atoms with Gasteiger partial charge in [0.05, 0.1) is 0 Å². The van der Waals surface area contributed by atoms with Crippen LogP contribution in [0.3, 0.4) is 0 Å². The lowest BCUT2D eigenvalue weighted by molar-refractivity contribution is 0.0998. The van der Waals surface area contributed by atoms with Gasteiger partial charge in [-0.05, 0) is 11.4 Å². The van der Waals surface area contributed by atoms with Crippen LogP contribution in [0, 0.1) is 22.7 Å². The third-order valence-electron chi connectivity index (χ3n) is 2.78. The topological polar surface area (TPSA) is 64.7 Å². The van der Waals surface area contributed by atoms with Crippen LogP contribution in [0.2, 0.25) is 0 Å². The summed E-state index contributed by atoms with van der Waals surface area (Å²) < 4.78 is 0. The maximum absolute atomic E-state index is 12.2. The first-order chi connectivity index (χ1) is 9.76. The predicted octanol–water partition coefficient (Wildman–Crippen LogP) is 3.82. The van der Waals surface area contributed by atoms with E-state index in [9.17, 15) is 4.79 Å². The van der Waals surface area contributed by atoms with Crippen LogP contribution < -0.4 is 0 Å². The Morgan fingerprint density at radius 2 is 1.75 bits per heavy atom. The highest BCUT2D eigenvalue weighted by atomic mass is 32.1. The van der Waals surface area contributed by atoms with Gasteiger partial charge in [-0.15, -0.1) is 11.3 Å². The second-order valence-corrected chi connectivity index (χ2v) is 4.97. The largest absolute Gasteiger partial charge is 0.294 e. The van der Waals surface area contributed by atoms with Gasteiger partial charge in [0.15, 0.2) is 5.78 Å². The maximum Gasteiger partial charge on any atom is 0.167 e. The number of carbonyl (C=O) groups is 1. The Morgan fingerprint density at radius 3 is 2.30 bits per heavy atom. The number of carbonyl (C=O) groups excluding carboxylic acids is 1. The molecule has 0 aliphatic carbocycles. The van der Waals surface area contributed by atoms with E-state index in [0.717, 1.165) is 4.88 Å². The number of nitriles is 2. The van der Waals surface area contributed by atoms with Crippen LogP contribution in [-0.2, 0) is 0 Å². The minimum atomic E-state index is -0.1000. The van der Waals surface area contributed by atoms with Crippen molar-refractivity contribution in [3.05, 3.63) is 63.9 Å². The Balaban J connectivity index is 2.37. The number of Topliss-reactive ketones (excluding diaryl/α,β-unsaturated/α-hetero) is 1. The zero-order valence-corrected chi connectivity index (χ0v) is 11.4. The molecular formula is C16H10N2OS. The fourth-order valence-electron chi connectivity index (χ4n) is 1.80. The van der Waals surface area contributed by atoms with E-state index in [1.54, 1.807) is 24.3 Å². The van der Waals surface area contributed by atoms with Crippen molar-refractivity contribution in [2.45, 2.75) is 6.42 Å². The first kappa shape index (κ1) is 13.7. The van der Waals surface area contributed by atoms with Crippen molar-refractivity contribution in [1.29, 1.82) is 10.5 Å². The Morgan fingerprint density at radius 1 is 1.05 bits per heavy atom. The molecule has 1 aromatic heterocycles. The average Bonchev–Trinajstić information content (AvgIpc) is 3.02. The van der Waals surface area contributed by atoms with E-state index in [1.165, 1.54) is 11.3 Å². The van der Waals surface area contributed by atoms with E-state index >= 15 is 0 Å². The molecule has 0 saturated carbocycles. The lowest BCUT2D eigenvalue weighted by atomic mass is 9.98. The minimum Gasteiger partial charge on any atom is -0.294 e. The monoisotopic (exact) mass is 278 g/mol. The first-order valence-corrected chi connectivity index (χ1v) is 6.79. The third kappa shape index (κ3) is 3.00. The molecule has 0 bridgehead atoms. The number of nitrogens with zero attached hydrogens (tertiary/aromatic N) is 2. The van der Waals surface area contributed by atoms with Gasteiger partial charge in [-0.25, -0.2) is 0 Å². The zero-order valence-electron chi connectivity index (χ0n) is 10.5. The van der Waals surface area contributed by atoms with Gasteiger partial charge in [0, 0.05) is 22.4 Å². The Kier molecular flexibility index (Phi) is 4.44. The lowest BCUT2D eigenvalue weighted by Crippen LogP contribution is -2.01. The van der Waals surface area contributed by atoms with Gasteiger partial charge >= 0.3 is 0 Å². The number of rotatable bonds is 4. The molecule has 0 unspecified atom stereocenters. The van der Waals surface area contributed by atoms with Crippen LogP contribution in [0.15, 0.2) is 53.4 Å². The molecule has 2 aromatic rings. The van der Waals surface area contributed by atoms with Gasteiger partial charge in [0.1, 0.15) is 17.7 Å². The lowest BCUT2D eigenvalue weighted by Gasteiger charge is -2.05. The van der Waals surface area contributed by atoms with Gasteiger partial charge in [-0.1, -0.05) is 36.4 Å². The van der Waals surface area contributed by atoms with Crippen molar-refractivity contribution in [3.63, 3.8) is 0 Å². The molecule has 96 valence electrons. The molecule has 20 heavy (non-hydrogen) atoms. The highest BCUT2D eigenvalue weighted by Gasteiger charge is 2.15. The summed E-state index contributed by atoms with van der Waals surface area (Å²) in [4.78, 5) is 13.0. The molecule has 2 rings (SSSR count). The van der Waals surface area contributed by atoms with Crippen molar-refractivity contribution < 1.29 is 4.79 Å². The molecule has 0 N–H and O–H groups in total. The zero-order chi connectivity index (χ0) is 14.4. The fraction of sp³-hybridized carbons (Fsp3) is 0.0625. The highest BCUT2D eigenvalue weighted by Crippen LogP contribution is 2.27. The van der Waals surface area contributed by atoms with Crippen molar-refractivity contribution in [1.82, 2.24) is 0 Å². The number of ketones is 1. The number of hydrogen-bond donors (Lipinski definition) is 0. The first-order valence-electron chi connectivity index (χ1n) is 5.91. The predicted molar refractivity (Wildman–Crippen MR) is 77.9 cm³/mol. The van der Waals surface area contributed by atoms with Gasteiger partial charge in [-0.3, -0.25) is 4.79 Å². The molecular weight excluding hydrogens is 268 g/mol. The molecule has 0 atom stereocenters. The quantitative estimate of drug-likeness (QED) is 0.630. The summed E-state index contributed by atoms with van der Waals surface area (Å²) in [6.07, 6.45) is 0.0565. The van der Waals surface area contributed by atoms with Gasteiger partial charge in [0.25, 0.3) is 0 Å². The Bertz CT molecular complexity index is 700. The smallest absolute Gasteiger partial charge is 0.167 e. The molecule has 0 aliphatic rings. The summed E-state index contributed by atoms with van der Waals surface area (Å²) in [6, 6.07) is 16.3. The molecule has 3 nitrogen and oxygen atoms in total. The van der Waals surface area contributed by atoms with Crippen LogP contribution in [0.1, 0.15) is 21.7 Å². The van der Waals surface area contributed by atoms with E-state index in [2.05, 4.69) is 0 Å². The molecule has 0 aliphatic heterocycles. The third-order valence-corrected chi connectivity index (χ3v) is 3.71. The Hall–Kier alpha value is -2.69. The fourth-order valence-corrected chi connectivity index (χ4v) is 2.57. The second-order valence-electron chi connectivity index (χ2n) is 4.02. The number of hydrogen-bond acceptors (Lipinski definition) is 4. The van der Waals surface area contributed by atoms with Crippen LogP contribution in [0.25, 0.3) is 5.57 Å². The summed E-state index contributed by atoms with van der Waals surface area (Å²) in [5, 5.41) is 19.9. The molecule has 4 heteroatoms. The normalized spacial score (nSPS) is 9.30. The molecule has 0 amide bonds. The van der Waals surface area contributed by atoms with E-state index in [4.69, 9.17) is 10.5 Å². The standard InChI is InChI=1S/C16H10N2OS/c17-10-13(11-18)14(16-7-4-8-20-16)9-15(19)12-5-2-1-3-6-12/h1-8H,9H2. The van der Waals surface area contributed by atoms with Crippen molar-refractivity contribution >= 4 is 22.7 Å². The summed E-state index contributed by atoms with van der Waals surface area (Å²) >= 11 is 1.41. The molecule has 1 heterocycles. The van der Waals surface area contributed by atoms with Gasteiger partial charge in [-0.2, -0.15) is 10.5 Å². The van der Waals surface area contributed by atoms with Crippen LogP contribution in [0.4, 0.5) is 0 Å². The second kappa shape index (κ2) is 6.47. The van der Waals surface area contributed by atoms with E-state index in [0.29, 0.717) is 11.1 Å². The highest BCUT2D eigenvalue weighted by molar-refractivity contribution is 7.11. The van der Waals surface area contributed by atoms with Gasteiger partial charge in [0.2, 0.25) is 0 Å². The molecule has 0 spiro atoms. The van der Waals surface area contributed by atoms with Crippen LogP contribution >= 0.6 is 11.3 Å². The Labute approximate surface area is 121 Å². The number of thiophene rings is 1. The summed E-state index contributed by atoms with van der Waals surface area (Å²) in [5.74, 6) is -0.1000. The number of benzene rings is 1. The summed E-state index contributed by atoms with van der Waals surface area (Å²) in [6.45, 7) is 0. The molecule has 0 fully saturated rings. The van der Waals surface area contributed by atoms with Crippen molar-refractivity contribution in [3.8, 4) is 12.1 Å². The molecule has 0 saturated heterocycles. The average molecular weight is 278 g/mol. The van der Waals surface area contributed by atoms with E-state index in [1.807, 2.05) is 35.7 Å². The molecule has 0 radical (unpaired) electrons. The van der Waals surface area contributed by atoms with E-state index < -0.39 is 0 Å². The van der Waals surface area contributed by atoms with Crippen molar-refractivity contribution in [2.75, 3.05) is 0 Å². The van der Waals surface area contributed by atoms with E-state index in [-0.39, 0.29) is 17.8 Å². The summed E-state index contributed by atoms with van der Waals surface area (Å²) in [7, 11) is 0. The van der Waals surface area contributed by atoms with Crippen LogP contribution in [0.5, 0.6) is 0 Å². The minimum absolute atomic E-state index is 0.00303.